The van der Waals surface area contributed by atoms with Crippen LogP contribution in [0.1, 0.15) is 24.2 Å². The highest BCUT2D eigenvalue weighted by molar-refractivity contribution is 5.73. The van der Waals surface area contributed by atoms with Crippen LogP contribution in [-0.4, -0.2) is 84.2 Å². The van der Waals surface area contributed by atoms with Crippen molar-refractivity contribution < 1.29 is 59.7 Å². The summed E-state index contributed by atoms with van der Waals surface area (Å²) in [6.45, 7) is 6.56. The number of carboxylic acids is 2. The highest BCUT2D eigenvalue weighted by atomic mass is 19.4. The molecule has 8 nitrogen and oxygen atoms in total. The van der Waals surface area contributed by atoms with Gasteiger partial charge in [-0.05, 0) is 49.5 Å². The number of halogens is 7. The zero-order valence-electron chi connectivity index (χ0n) is 22.1. The summed E-state index contributed by atoms with van der Waals surface area (Å²) in [7, 11) is 1.80. The first-order chi connectivity index (χ1) is 19.1. The van der Waals surface area contributed by atoms with Crippen LogP contribution in [0.15, 0.2) is 47.1 Å². The molecule has 2 saturated heterocycles. The van der Waals surface area contributed by atoms with Crippen LogP contribution in [-0.2, 0) is 27.4 Å². The average Bonchev–Trinajstić information content (AvgIpc) is 3.50. The zero-order chi connectivity index (χ0) is 30.8. The van der Waals surface area contributed by atoms with Crippen molar-refractivity contribution in [1.29, 1.82) is 0 Å². The lowest BCUT2D eigenvalue weighted by molar-refractivity contribution is -0.193. The fourth-order valence-electron chi connectivity index (χ4n) is 4.91. The van der Waals surface area contributed by atoms with Gasteiger partial charge in [0.05, 0.1) is 19.4 Å². The second-order valence-corrected chi connectivity index (χ2v) is 9.74. The number of hydrogen-bond acceptors (Lipinski definition) is 6. The number of ether oxygens (including phenoxy) is 1. The third-order valence-electron chi connectivity index (χ3n) is 6.90. The van der Waals surface area contributed by atoms with E-state index in [0.29, 0.717) is 17.9 Å². The Balaban J connectivity index is 0.000000349. The first-order valence-corrected chi connectivity index (χ1v) is 12.4. The van der Waals surface area contributed by atoms with Crippen LogP contribution in [0.25, 0.3) is 0 Å². The Kier molecular flexibility index (Phi) is 12.2. The summed E-state index contributed by atoms with van der Waals surface area (Å²) in [6.07, 6.45) is -6.14. The number of aliphatic carboxylic acids is 2. The van der Waals surface area contributed by atoms with Gasteiger partial charge in [0.15, 0.2) is 0 Å². The molecule has 41 heavy (non-hydrogen) atoms. The molecule has 2 N–H and O–H groups in total. The topological polar surface area (TPSA) is 103 Å². The third-order valence-corrected chi connectivity index (χ3v) is 6.90. The molecule has 4 rings (SSSR count). The Morgan fingerprint density at radius 3 is 1.98 bits per heavy atom. The minimum Gasteiger partial charge on any atom is -0.475 e. The van der Waals surface area contributed by atoms with Gasteiger partial charge in [-0.15, -0.1) is 0 Å². The monoisotopic (exact) mass is 600 g/mol. The van der Waals surface area contributed by atoms with E-state index in [-0.39, 0.29) is 5.82 Å². The molecule has 1 unspecified atom stereocenters. The predicted octanol–water partition coefficient (Wildman–Crippen LogP) is 5.05. The highest BCUT2D eigenvalue weighted by Crippen LogP contribution is 2.45. The van der Waals surface area contributed by atoms with Crippen molar-refractivity contribution >= 4 is 11.9 Å². The van der Waals surface area contributed by atoms with Crippen LogP contribution in [0.3, 0.4) is 0 Å². The maximum atomic E-state index is 14.0. The van der Waals surface area contributed by atoms with Crippen LogP contribution in [0.4, 0.5) is 30.7 Å². The summed E-state index contributed by atoms with van der Waals surface area (Å²) in [4.78, 5) is 22.7. The fourth-order valence-corrected chi connectivity index (χ4v) is 4.91. The lowest BCUT2D eigenvalue weighted by atomic mass is 9.71. The van der Waals surface area contributed by atoms with Gasteiger partial charge in [0.25, 0.3) is 0 Å². The summed E-state index contributed by atoms with van der Waals surface area (Å²) in [5, 5.41) is 14.2. The number of rotatable bonds is 6. The molecule has 230 valence electrons. The minimum absolute atomic E-state index is 0.0967. The van der Waals surface area contributed by atoms with Gasteiger partial charge >= 0.3 is 24.3 Å². The number of furan rings is 1. The van der Waals surface area contributed by atoms with Crippen LogP contribution in [0.5, 0.6) is 0 Å². The maximum absolute atomic E-state index is 14.0. The van der Waals surface area contributed by atoms with E-state index in [9.17, 15) is 30.7 Å². The Hall–Kier alpha value is -3.17. The first-order valence-electron chi connectivity index (χ1n) is 12.4. The van der Waals surface area contributed by atoms with Gasteiger partial charge in [0.2, 0.25) is 0 Å². The minimum atomic E-state index is -5.08. The van der Waals surface area contributed by atoms with E-state index in [4.69, 9.17) is 29.0 Å². The van der Waals surface area contributed by atoms with Crippen LogP contribution in [0, 0.1) is 17.2 Å². The standard InChI is InChI=1S/C22H29FN2O2.2C2HF3O2/c1-26-16-19-14-25(15-20-6-4-12-27-20)17-22(19)8-10-24(11-9-22)13-18-5-2-3-7-21(18)23;2*3-2(4,5)1(6)7/h2-7,12,19H,8-11,13-17H2,1H3;2*(H,6,7). The van der Waals surface area contributed by atoms with E-state index >= 15 is 0 Å². The Morgan fingerprint density at radius 2 is 1.51 bits per heavy atom. The van der Waals surface area contributed by atoms with Crippen molar-refractivity contribution in [3.8, 4) is 0 Å². The molecular weight excluding hydrogens is 569 g/mol. The van der Waals surface area contributed by atoms with Gasteiger partial charge < -0.3 is 19.4 Å². The lowest BCUT2D eigenvalue weighted by Crippen LogP contribution is -2.45. The third kappa shape index (κ3) is 10.6. The molecule has 1 aromatic carbocycles. The normalized spacial score (nSPS) is 19.2. The molecule has 0 saturated carbocycles. The second kappa shape index (κ2) is 14.6. The number of methoxy groups -OCH3 is 1. The van der Waals surface area contributed by atoms with Crippen molar-refractivity contribution in [1.82, 2.24) is 9.80 Å². The number of carbonyl (C=O) groups is 2. The molecule has 2 aliphatic rings. The Labute approximate surface area is 231 Å². The lowest BCUT2D eigenvalue weighted by Gasteiger charge is -2.42. The largest absolute Gasteiger partial charge is 0.490 e. The van der Waals surface area contributed by atoms with Crippen LogP contribution < -0.4 is 0 Å². The molecule has 2 aliphatic heterocycles. The van der Waals surface area contributed by atoms with Gasteiger partial charge in [-0.2, -0.15) is 26.3 Å². The molecule has 0 aliphatic carbocycles. The smallest absolute Gasteiger partial charge is 0.475 e. The van der Waals surface area contributed by atoms with Gasteiger partial charge in [0.1, 0.15) is 11.6 Å². The summed E-state index contributed by atoms with van der Waals surface area (Å²) < 4.78 is 88.6. The summed E-state index contributed by atoms with van der Waals surface area (Å²) in [6, 6.07) is 11.1. The van der Waals surface area contributed by atoms with Gasteiger partial charge in [-0.1, -0.05) is 18.2 Å². The first kappa shape index (κ1) is 34.0. The van der Waals surface area contributed by atoms with E-state index in [1.807, 2.05) is 24.3 Å². The molecule has 0 radical (unpaired) electrons. The summed E-state index contributed by atoms with van der Waals surface area (Å²) in [5.41, 5.74) is 1.10. The predicted molar refractivity (Wildman–Crippen MR) is 130 cm³/mol. The van der Waals surface area contributed by atoms with Crippen molar-refractivity contribution in [3.63, 3.8) is 0 Å². The quantitative estimate of drug-likeness (QED) is 0.445. The van der Waals surface area contributed by atoms with E-state index in [0.717, 1.165) is 63.5 Å². The van der Waals surface area contributed by atoms with Gasteiger partial charge in [-0.25, -0.2) is 14.0 Å². The molecule has 2 aromatic rings. The molecule has 1 atom stereocenters. The fraction of sp³-hybridized carbons (Fsp3) is 0.538. The number of alkyl halides is 6. The Bertz CT molecular complexity index is 1080. The van der Waals surface area contributed by atoms with E-state index < -0.39 is 24.3 Å². The molecule has 0 amide bonds. The number of likely N-dealkylation sites (tertiary alicyclic amines) is 2. The number of piperidine rings is 1. The van der Waals surface area contributed by atoms with Gasteiger partial charge in [-0.3, -0.25) is 9.80 Å². The molecule has 2 fully saturated rings. The van der Waals surface area contributed by atoms with Crippen molar-refractivity contribution in [2.24, 2.45) is 11.3 Å². The summed E-state index contributed by atoms with van der Waals surface area (Å²) >= 11 is 0. The second-order valence-electron chi connectivity index (χ2n) is 9.74. The SMILES string of the molecule is COCC1CN(Cc2ccco2)CC12CCN(Cc1ccccc1F)CC2.O=C(O)C(F)(F)F.O=C(O)C(F)(F)F. The van der Waals surface area contributed by atoms with Gasteiger partial charge in [0, 0.05) is 38.2 Å². The number of carboxylic acid groups (broad SMARTS) is 2. The van der Waals surface area contributed by atoms with E-state index in [1.54, 1.807) is 25.5 Å². The van der Waals surface area contributed by atoms with Crippen LogP contribution in [0.2, 0.25) is 0 Å². The number of hydrogen-bond donors (Lipinski definition) is 2. The van der Waals surface area contributed by atoms with Crippen LogP contribution >= 0.6 is 0 Å². The molecular formula is C26H31F7N2O6. The molecule has 15 heteroatoms. The number of nitrogens with zero attached hydrogens (tertiary/aromatic N) is 2. The van der Waals surface area contributed by atoms with Crippen molar-refractivity contribution in [2.45, 2.75) is 38.3 Å². The Morgan fingerprint density at radius 1 is 0.951 bits per heavy atom. The number of benzene rings is 1. The summed E-state index contributed by atoms with van der Waals surface area (Å²) in [5.74, 6) is -4.03. The highest BCUT2D eigenvalue weighted by Gasteiger charge is 2.48. The zero-order valence-corrected chi connectivity index (χ0v) is 22.1. The molecule has 3 heterocycles. The average molecular weight is 601 g/mol. The maximum Gasteiger partial charge on any atom is 0.490 e. The van der Waals surface area contributed by atoms with E-state index in [1.165, 1.54) is 0 Å². The molecule has 1 aromatic heterocycles. The molecule has 1 spiro atoms. The molecule has 0 bridgehead atoms. The van der Waals surface area contributed by atoms with Crippen molar-refractivity contribution in [3.05, 3.63) is 59.8 Å². The van der Waals surface area contributed by atoms with E-state index in [2.05, 4.69) is 9.80 Å². The van der Waals surface area contributed by atoms with Crippen molar-refractivity contribution in [2.75, 3.05) is 39.9 Å².